The van der Waals surface area contributed by atoms with Crippen molar-refractivity contribution in [3.05, 3.63) is 59.9 Å². The molecular formula is C16H15N3O. The number of benzene rings is 1. The number of nitrogens with zero attached hydrogens (tertiary/aromatic N) is 2. The first-order valence-electron chi connectivity index (χ1n) is 6.45. The van der Waals surface area contributed by atoms with Crippen LogP contribution in [0.25, 0.3) is 10.9 Å². The molecule has 0 spiro atoms. The summed E-state index contributed by atoms with van der Waals surface area (Å²) in [5, 5.41) is 1.04. The van der Waals surface area contributed by atoms with Crippen LogP contribution in [0.3, 0.4) is 0 Å². The van der Waals surface area contributed by atoms with Gasteiger partial charge in [-0.25, -0.2) is 9.97 Å². The number of fused-ring (bicyclic) bond motifs is 1. The second-order valence-electron chi connectivity index (χ2n) is 4.59. The maximum atomic E-state index is 5.86. The summed E-state index contributed by atoms with van der Waals surface area (Å²) in [6, 6.07) is 13.6. The summed E-state index contributed by atoms with van der Waals surface area (Å²) in [6.45, 7) is 2.43. The Morgan fingerprint density at radius 3 is 2.90 bits per heavy atom. The van der Waals surface area contributed by atoms with Crippen LogP contribution in [0.2, 0.25) is 0 Å². The van der Waals surface area contributed by atoms with E-state index in [1.165, 1.54) is 0 Å². The molecule has 4 heteroatoms. The third-order valence-corrected chi connectivity index (χ3v) is 3.07. The maximum absolute atomic E-state index is 5.86. The van der Waals surface area contributed by atoms with Crippen molar-refractivity contribution in [1.82, 2.24) is 9.97 Å². The maximum Gasteiger partial charge on any atom is 0.219 e. The summed E-state index contributed by atoms with van der Waals surface area (Å²) in [4.78, 5) is 8.74. The van der Waals surface area contributed by atoms with Crippen molar-refractivity contribution in [3.63, 3.8) is 0 Å². The number of aromatic nitrogens is 2. The van der Waals surface area contributed by atoms with Crippen molar-refractivity contribution in [3.8, 4) is 11.6 Å². The summed E-state index contributed by atoms with van der Waals surface area (Å²) in [5.41, 5.74) is 8.41. The van der Waals surface area contributed by atoms with E-state index in [9.17, 15) is 0 Å². The number of nitrogens with two attached hydrogens (primary N) is 1. The molecule has 20 heavy (non-hydrogen) atoms. The molecule has 2 heterocycles. The normalized spacial score (nSPS) is 10.7. The second kappa shape index (κ2) is 5.27. The molecule has 0 amide bonds. The standard InChI is InChI=1S/C16H15N3O/c1-11-5-6-13-3-2-4-14(16(13)19-11)20-15-9-12(10-17)7-8-18-15/h2-9H,10,17H2,1H3. The van der Waals surface area contributed by atoms with E-state index in [0.29, 0.717) is 18.2 Å². The van der Waals surface area contributed by atoms with Crippen LogP contribution < -0.4 is 10.5 Å². The fraction of sp³-hybridized carbons (Fsp3) is 0.125. The monoisotopic (exact) mass is 265 g/mol. The molecule has 3 aromatic rings. The zero-order valence-corrected chi connectivity index (χ0v) is 11.2. The third kappa shape index (κ3) is 2.46. The Morgan fingerprint density at radius 1 is 1.15 bits per heavy atom. The number of hydrogen-bond donors (Lipinski definition) is 1. The van der Waals surface area contributed by atoms with Crippen molar-refractivity contribution >= 4 is 10.9 Å². The van der Waals surface area contributed by atoms with Gasteiger partial charge in [-0.3, -0.25) is 0 Å². The van der Waals surface area contributed by atoms with Gasteiger partial charge in [-0.1, -0.05) is 18.2 Å². The smallest absolute Gasteiger partial charge is 0.219 e. The highest BCUT2D eigenvalue weighted by atomic mass is 16.5. The molecule has 2 aromatic heterocycles. The Bertz CT molecular complexity index is 756. The lowest BCUT2D eigenvalue weighted by Crippen LogP contribution is -1.98. The Kier molecular flexibility index (Phi) is 3.31. The van der Waals surface area contributed by atoms with Crippen molar-refractivity contribution in [2.45, 2.75) is 13.5 Å². The Balaban J connectivity index is 2.03. The van der Waals surface area contributed by atoms with Gasteiger partial charge in [0.1, 0.15) is 5.52 Å². The van der Waals surface area contributed by atoms with E-state index >= 15 is 0 Å². The zero-order valence-electron chi connectivity index (χ0n) is 11.2. The first kappa shape index (κ1) is 12.6. The van der Waals surface area contributed by atoms with Gasteiger partial charge in [0.25, 0.3) is 0 Å². The molecule has 0 saturated heterocycles. The van der Waals surface area contributed by atoms with E-state index in [2.05, 4.69) is 9.97 Å². The SMILES string of the molecule is Cc1ccc2cccc(Oc3cc(CN)ccn3)c2n1. The zero-order chi connectivity index (χ0) is 13.9. The topological polar surface area (TPSA) is 61.0 Å². The molecule has 4 nitrogen and oxygen atoms in total. The van der Waals surface area contributed by atoms with Crippen LogP contribution in [0.15, 0.2) is 48.7 Å². The van der Waals surface area contributed by atoms with Gasteiger partial charge in [-0.15, -0.1) is 0 Å². The number of para-hydroxylation sites is 1. The summed E-state index contributed by atoms with van der Waals surface area (Å²) in [6.07, 6.45) is 1.70. The first-order valence-corrected chi connectivity index (χ1v) is 6.45. The van der Waals surface area contributed by atoms with Crippen LogP contribution in [-0.4, -0.2) is 9.97 Å². The van der Waals surface area contributed by atoms with Crippen molar-refractivity contribution in [2.75, 3.05) is 0 Å². The second-order valence-corrected chi connectivity index (χ2v) is 4.59. The van der Waals surface area contributed by atoms with E-state index in [1.807, 2.05) is 49.4 Å². The van der Waals surface area contributed by atoms with Crippen LogP contribution in [0, 0.1) is 6.92 Å². The number of hydrogen-bond acceptors (Lipinski definition) is 4. The van der Waals surface area contributed by atoms with Crippen molar-refractivity contribution in [2.24, 2.45) is 5.73 Å². The lowest BCUT2D eigenvalue weighted by atomic mass is 10.2. The van der Waals surface area contributed by atoms with E-state index < -0.39 is 0 Å². The minimum Gasteiger partial charge on any atom is -0.437 e. The molecule has 0 fully saturated rings. The molecule has 0 unspecified atom stereocenters. The molecular weight excluding hydrogens is 250 g/mol. The molecule has 3 rings (SSSR count). The molecule has 0 bridgehead atoms. The van der Waals surface area contributed by atoms with E-state index in [-0.39, 0.29) is 0 Å². The highest BCUT2D eigenvalue weighted by Crippen LogP contribution is 2.28. The largest absolute Gasteiger partial charge is 0.437 e. The van der Waals surface area contributed by atoms with Crippen LogP contribution in [0.5, 0.6) is 11.6 Å². The molecule has 100 valence electrons. The van der Waals surface area contributed by atoms with E-state index in [1.54, 1.807) is 6.20 Å². The minimum atomic E-state index is 0.464. The first-order chi connectivity index (χ1) is 9.76. The number of aryl methyl sites for hydroxylation is 1. The Hall–Kier alpha value is -2.46. The summed E-state index contributed by atoms with van der Waals surface area (Å²) in [5.74, 6) is 1.23. The molecule has 0 aliphatic carbocycles. The molecule has 0 aliphatic rings. The van der Waals surface area contributed by atoms with E-state index in [0.717, 1.165) is 22.2 Å². The number of ether oxygens (including phenoxy) is 1. The van der Waals surface area contributed by atoms with Gasteiger partial charge in [-0.2, -0.15) is 0 Å². The summed E-state index contributed by atoms with van der Waals surface area (Å²) >= 11 is 0. The number of rotatable bonds is 3. The average Bonchev–Trinajstić information content (AvgIpc) is 2.48. The Labute approximate surface area is 117 Å². The van der Waals surface area contributed by atoms with Gasteiger partial charge in [0.2, 0.25) is 5.88 Å². The Morgan fingerprint density at radius 2 is 2.05 bits per heavy atom. The van der Waals surface area contributed by atoms with Crippen molar-refractivity contribution in [1.29, 1.82) is 0 Å². The minimum absolute atomic E-state index is 0.464. The van der Waals surface area contributed by atoms with Crippen LogP contribution in [-0.2, 0) is 6.54 Å². The predicted molar refractivity (Wildman–Crippen MR) is 78.7 cm³/mol. The lowest BCUT2D eigenvalue weighted by Gasteiger charge is -2.08. The predicted octanol–water partition coefficient (Wildman–Crippen LogP) is 3.19. The highest BCUT2D eigenvalue weighted by Gasteiger charge is 2.06. The van der Waals surface area contributed by atoms with E-state index in [4.69, 9.17) is 10.5 Å². The van der Waals surface area contributed by atoms with Gasteiger partial charge in [-0.05, 0) is 30.7 Å². The lowest BCUT2D eigenvalue weighted by molar-refractivity contribution is 0.466. The third-order valence-electron chi connectivity index (χ3n) is 3.07. The van der Waals surface area contributed by atoms with Crippen LogP contribution in [0.1, 0.15) is 11.3 Å². The van der Waals surface area contributed by atoms with Gasteiger partial charge in [0.05, 0.1) is 0 Å². The highest BCUT2D eigenvalue weighted by molar-refractivity contribution is 5.84. The van der Waals surface area contributed by atoms with Gasteiger partial charge in [0.15, 0.2) is 5.75 Å². The molecule has 0 atom stereocenters. The fourth-order valence-electron chi connectivity index (χ4n) is 2.05. The average molecular weight is 265 g/mol. The summed E-state index contributed by atoms with van der Waals surface area (Å²) in [7, 11) is 0. The summed E-state index contributed by atoms with van der Waals surface area (Å²) < 4.78 is 5.86. The fourth-order valence-corrected chi connectivity index (χ4v) is 2.05. The van der Waals surface area contributed by atoms with Gasteiger partial charge >= 0.3 is 0 Å². The van der Waals surface area contributed by atoms with Crippen molar-refractivity contribution < 1.29 is 4.74 Å². The van der Waals surface area contributed by atoms with Gasteiger partial charge in [0, 0.05) is 29.9 Å². The molecule has 0 saturated carbocycles. The quantitative estimate of drug-likeness (QED) is 0.790. The number of pyridine rings is 2. The molecule has 2 N–H and O–H groups in total. The molecule has 0 radical (unpaired) electrons. The molecule has 1 aromatic carbocycles. The molecule has 0 aliphatic heterocycles. The van der Waals surface area contributed by atoms with Crippen LogP contribution in [0.4, 0.5) is 0 Å². The van der Waals surface area contributed by atoms with Gasteiger partial charge < -0.3 is 10.5 Å². The van der Waals surface area contributed by atoms with Crippen LogP contribution >= 0.6 is 0 Å².